The first-order valence-corrected chi connectivity index (χ1v) is 10.4. The number of ether oxygens (including phenoxy) is 2. The van der Waals surface area contributed by atoms with Crippen LogP contribution in [0.15, 0.2) is 54.3 Å². The summed E-state index contributed by atoms with van der Waals surface area (Å²) in [5.41, 5.74) is 2.70. The lowest BCUT2D eigenvalue weighted by molar-refractivity contribution is 0.101. The van der Waals surface area contributed by atoms with Crippen LogP contribution in [0.2, 0.25) is 20.1 Å². The second kappa shape index (κ2) is 8.52. The number of Topliss-reactive ketones (excluding diaryl/α,β-unsaturated/α-hetero) is 1. The Morgan fingerprint density at radius 2 is 1.63 bits per heavy atom. The molecule has 0 radical (unpaired) electrons. The summed E-state index contributed by atoms with van der Waals surface area (Å²) in [4.78, 5) is 12.8. The number of fused-ring (bicyclic) bond motifs is 1. The van der Waals surface area contributed by atoms with Gasteiger partial charge in [-0.25, -0.2) is 0 Å². The average Bonchev–Trinajstić information content (AvgIpc) is 2.99. The molecule has 3 aromatic carbocycles. The lowest BCUT2D eigenvalue weighted by Gasteiger charge is -2.10. The zero-order valence-electron chi connectivity index (χ0n) is 15.6. The van der Waals surface area contributed by atoms with Crippen LogP contribution in [0.4, 0.5) is 0 Å². The Hall–Kier alpha value is -2.17. The van der Waals surface area contributed by atoms with Gasteiger partial charge in [0.2, 0.25) is 5.78 Å². The molecule has 4 rings (SSSR count). The van der Waals surface area contributed by atoms with Crippen LogP contribution >= 0.6 is 46.4 Å². The number of carbonyl (C=O) groups excluding carboxylic acids is 1. The van der Waals surface area contributed by atoms with Gasteiger partial charge in [-0.05, 0) is 54.5 Å². The van der Waals surface area contributed by atoms with E-state index in [1.807, 2.05) is 13.0 Å². The zero-order valence-corrected chi connectivity index (χ0v) is 18.7. The highest BCUT2D eigenvalue weighted by Gasteiger charge is 2.30. The Kier molecular flexibility index (Phi) is 5.99. The maximum Gasteiger partial charge on any atom is 0.232 e. The molecule has 0 unspecified atom stereocenters. The smallest absolute Gasteiger partial charge is 0.232 e. The Morgan fingerprint density at radius 1 is 0.933 bits per heavy atom. The number of carbonyl (C=O) groups is 1. The van der Waals surface area contributed by atoms with Crippen LogP contribution in [0.5, 0.6) is 11.5 Å². The third kappa shape index (κ3) is 4.30. The van der Waals surface area contributed by atoms with E-state index in [4.69, 9.17) is 55.9 Å². The SMILES string of the molecule is Cc1cc(OCc2ccc(Cl)cc2Cl)cc2c1C(=O)/C(=C/c1ccc(Cl)cc1Cl)O2. The molecule has 0 spiro atoms. The molecule has 0 saturated heterocycles. The third-order valence-electron chi connectivity index (χ3n) is 4.60. The molecule has 0 N–H and O–H groups in total. The number of hydrogen-bond acceptors (Lipinski definition) is 3. The number of hydrogen-bond donors (Lipinski definition) is 0. The standard InChI is InChI=1S/C23H14Cl4O3/c1-12-6-17(29-11-14-3-5-16(25)9-19(14)27)10-20-22(12)23(28)21(30-20)7-13-2-4-15(24)8-18(13)26/h2-10H,11H2,1H3/b21-7-. The minimum absolute atomic E-state index is 0.190. The quantitative estimate of drug-likeness (QED) is 0.358. The summed E-state index contributed by atoms with van der Waals surface area (Å²) in [5.74, 6) is 0.986. The minimum Gasteiger partial charge on any atom is -0.489 e. The fourth-order valence-electron chi connectivity index (χ4n) is 3.12. The Bertz CT molecular complexity index is 1200. The van der Waals surface area contributed by atoms with Crippen molar-refractivity contribution in [3.05, 3.63) is 96.6 Å². The van der Waals surface area contributed by atoms with Crippen molar-refractivity contribution >= 4 is 58.3 Å². The van der Waals surface area contributed by atoms with Gasteiger partial charge in [0, 0.05) is 31.7 Å². The summed E-state index contributed by atoms with van der Waals surface area (Å²) in [6.07, 6.45) is 1.61. The number of ketones is 1. The molecule has 3 aromatic rings. The van der Waals surface area contributed by atoms with Crippen molar-refractivity contribution in [2.45, 2.75) is 13.5 Å². The van der Waals surface area contributed by atoms with Gasteiger partial charge >= 0.3 is 0 Å². The largest absolute Gasteiger partial charge is 0.489 e. The molecule has 7 heteroatoms. The van der Waals surface area contributed by atoms with Crippen LogP contribution in [0.25, 0.3) is 6.08 Å². The fraction of sp³-hybridized carbons (Fsp3) is 0.0870. The van der Waals surface area contributed by atoms with Crippen LogP contribution in [0.1, 0.15) is 27.0 Å². The van der Waals surface area contributed by atoms with Crippen molar-refractivity contribution < 1.29 is 14.3 Å². The zero-order chi connectivity index (χ0) is 21.4. The molecule has 1 heterocycles. The number of aryl methyl sites for hydroxylation is 1. The normalized spacial score (nSPS) is 14.0. The predicted molar refractivity (Wildman–Crippen MR) is 121 cm³/mol. The molecule has 0 aliphatic carbocycles. The number of rotatable bonds is 4. The van der Waals surface area contributed by atoms with Gasteiger partial charge in [-0.2, -0.15) is 0 Å². The molecule has 0 aromatic heterocycles. The molecule has 3 nitrogen and oxygen atoms in total. The predicted octanol–water partition coefficient (Wildman–Crippen LogP) is 7.80. The van der Waals surface area contributed by atoms with Crippen molar-refractivity contribution in [2.24, 2.45) is 0 Å². The summed E-state index contributed by atoms with van der Waals surface area (Å²) in [7, 11) is 0. The van der Waals surface area contributed by atoms with Crippen LogP contribution in [-0.4, -0.2) is 5.78 Å². The maximum absolute atomic E-state index is 12.8. The molecule has 1 aliphatic rings. The Morgan fingerprint density at radius 3 is 2.33 bits per heavy atom. The summed E-state index contributed by atoms with van der Waals surface area (Å²) in [6, 6.07) is 13.7. The van der Waals surface area contributed by atoms with E-state index in [1.54, 1.807) is 48.5 Å². The Balaban J connectivity index is 1.58. The highest BCUT2D eigenvalue weighted by Crippen LogP contribution is 2.38. The van der Waals surface area contributed by atoms with E-state index in [1.165, 1.54) is 0 Å². The van der Waals surface area contributed by atoms with E-state index in [0.29, 0.717) is 42.7 Å². The average molecular weight is 480 g/mol. The first-order valence-electron chi connectivity index (χ1n) is 8.92. The lowest BCUT2D eigenvalue weighted by atomic mass is 10.0. The summed E-state index contributed by atoms with van der Waals surface area (Å²) < 4.78 is 11.7. The van der Waals surface area contributed by atoms with Crippen molar-refractivity contribution in [3.8, 4) is 11.5 Å². The first-order chi connectivity index (χ1) is 14.3. The molecule has 0 amide bonds. The molecule has 1 aliphatic heterocycles. The number of halogens is 4. The minimum atomic E-state index is -0.208. The molecule has 0 fully saturated rings. The third-order valence-corrected chi connectivity index (χ3v) is 5.75. The van der Waals surface area contributed by atoms with Crippen molar-refractivity contribution in [1.82, 2.24) is 0 Å². The number of allylic oxidation sites excluding steroid dienone is 1. The molecular formula is C23H14Cl4O3. The van der Waals surface area contributed by atoms with Crippen molar-refractivity contribution in [1.29, 1.82) is 0 Å². The second-order valence-corrected chi connectivity index (χ2v) is 8.43. The molecule has 0 bridgehead atoms. The van der Waals surface area contributed by atoms with Gasteiger partial charge in [0.1, 0.15) is 18.1 Å². The number of benzene rings is 3. The molecule has 0 atom stereocenters. The van der Waals surface area contributed by atoms with Crippen LogP contribution in [-0.2, 0) is 6.61 Å². The van der Waals surface area contributed by atoms with Gasteiger partial charge in [0.15, 0.2) is 5.76 Å². The molecule has 30 heavy (non-hydrogen) atoms. The van der Waals surface area contributed by atoms with Gasteiger partial charge in [-0.3, -0.25) is 4.79 Å². The monoisotopic (exact) mass is 478 g/mol. The van der Waals surface area contributed by atoms with Crippen LogP contribution in [0.3, 0.4) is 0 Å². The lowest BCUT2D eigenvalue weighted by Crippen LogP contribution is -2.00. The van der Waals surface area contributed by atoms with Crippen molar-refractivity contribution in [2.75, 3.05) is 0 Å². The molecule has 0 saturated carbocycles. The van der Waals surface area contributed by atoms with E-state index in [-0.39, 0.29) is 18.1 Å². The van der Waals surface area contributed by atoms with Crippen LogP contribution < -0.4 is 9.47 Å². The van der Waals surface area contributed by atoms with Gasteiger partial charge in [0.05, 0.1) is 5.56 Å². The van der Waals surface area contributed by atoms with Gasteiger partial charge < -0.3 is 9.47 Å². The van der Waals surface area contributed by atoms with Crippen LogP contribution in [0, 0.1) is 6.92 Å². The highest BCUT2D eigenvalue weighted by molar-refractivity contribution is 6.36. The highest BCUT2D eigenvalue weighted by atomic mass is 35.5. The summed E-state index contributed by atoms with van der Waals surface area (Å²) in [5, 5.41) is 2.03. The van der Waals surface area contributed by atoms with E-state index < -0.39 is 0 Å². The van der Waals surface area contributed by atoms with E-state index >= 15 is 0 Å². The topological polar surface area (TPSA) is 35.5 Å². The summed E-state index contributed by atoms with van der Waals surface area (Å²) in [6.45, 7) is 2.09. The molecule has 152 valence electrons. The maximum atomic E-state index is 12.8. The first kappa shape index (κ1) is 21.1. The second-order valence-electron chi connectivity index (χ2n) is 6.74. The van der Waals surface area contributed by atoms with Gasteiger partial charge in [-0.1, -0.05) is 58.5 Å². The fourth-order valence-corrected chi connectivity index (χ4v) is 4.05. The van der Waals surface area contributed by atoms with E-state index in [9.17, 15) is 4.79 Å². The van der Waals surface area contributed by atoms with Gasteiger partial charge in [0.25, 0.3) is 0 Å². The van der Waals surface area contributed by atoms with Gasteiger partial charge in [-0.15, -0.1) is 0 Å². The molecular weight excluding hydrogens is 466 g/mol. The van der Waals surface area contributed by atoms with Crippen molar-refractivity contribution in [3.63, 3.8) is 0 Å². The Labute approximate surface area is 193 Å². The van der Waals surface area contributed by atoms with E-state index in [0.717, 1.165) is 11.1 Å². The van der Waals surface area contributed by atoms with E-state index in [2.05, 4.69) is 0 Å². The summed E-state index contributed by atoms with van der Waals surface area (Å²) >= 11 is 24.3.